The number of guanidine groups is 1. The van der Waals surface area contributed by atoms with Crippen molar-refractivity contribution in [3.05, 3.63) is 16.1 Å². The van der Waals surface area contributed by atoms with Crippen LogP contribution in [-0.4, -0.2) is 23.5 Å². The topological polar surface area (TPSA) is 49.3 Å². The van der Waals surface area contributed by atoms with Gasteiger partial charge in [0.25, 0.3) is 0 Å². The molecule has 0 bridgehead atoms. The molecule has 112 valence electrons. The molecule has 2 N–H and O–H groups in total. The molecule has 1 saturated carbocycles. The fourth-order valence-electron chi connectivity index (χ4n) is 1.68. The van der Waals surface area contributed by atoms with Crippen LogP contribution in [0.2, 0.25) is 0 Å². The molecule has 0 aromatic carbocycles. The Morgan fingerprint density at radius 2 is 2.25 bits per heavy atom. The van der Waals surface area contributed by atoms with Crippen molar-refractivity contribution in [1.29, 1.82) is 0 Å². The molecular weight excluding hydrogens is 289 g/mol. The third-order valence-electron chi connectivity index (χ3n) is 2.99. The Balaban J connectivity index is 1.96. The van der Waals surface area contributed by atoms with E-state index in [0.29, 0.717) is 29.5 Å². The molecular formula is C12H17F3N4S. The number of thiazole rings is 1. The molecule has 8 heteroatoms. The third-order valence-corrected chi connectivity index (χ3v) is 3.82. The van der Waals surface area contributed by atoms with Crippen molar-refractivity contribution in [1.82, 2.24) is 15.6 Å². The molecule has 4 nitrogen and oxygen atoms in total. The minimum atomic E-state index is -4.38. The first-order valence-corrected chi connectivity index (χ1v) is 7.34. The summed E-state index contributed by atoms with van der Waals surface area (Å²) in [5, 5.41) is 7.70. The second-order valence-electron chi connectivity index (χ2n) is 4.78. The van der Waals surface area contributed by atoms with E-state index < -0.39 is 11.9 Å². The summed E-state index contributed by atoms with van der Waals surface area (Å²) in [4.78, 5) is 7.82. The molecule has 1 heterocycles. The number of nitrogens with zero attached hydrogens (tertiary/aromatic N) is 2. The van der Waals surface area contributed by atoms with E-state index in [2.05, 4.69) is 27.5 Å². The molecule has 0 spiro atoms. The van der Waals surface area contributed by atoms with Gasteiger partial charge in [-0.05, 0) is 19.3 Å². The van der Waals surface area contributed by atoms with Crippen molar-refractivity contribution in [3.8, 4) is 0 Å². The van der Waals surface area contributed by atoms with Crippen LogP contribution in [0.3, 0.4) is 0 Å². The summed E-state index contributed by atoms with van der Waals surface area (Å²) in [7, 11) is 0. The summed E-state index contributed by atoms with van der Waals surface area (Å²) in [5.41, 5.74) is -0.846. The van der Waals surface area contributed by atoms with Crippen molar-refractivity contribution in [2.45, 2.75) is 39.0 Å². The number of nitrogens with one attached hydrogen (secondary N) is 2. The van der Waals surface area contributed by atoms with Gasteiger partial charge in [0, 0.05) is 18.0 Å². The van der Waals surface area contributed by atoms with E-state index in [-0.39, 0.29) is 6.54 Å². The minimum absolute atomic E-state index is 0.150. The standard InChI is InChI=1S/C12H17F3N4S/c1-3-16-11(18-8-4-7(8)2)17-5-10-19-9(6-20-10)12(13,14)15/h6-8H,3-5H2,1-2H3,(H2,16,17,18). The zero-order valence-corrected chi connectivity index (χ0v) is 12.1. The normalized spacial score (nSPS) is 22.8. The van der Waals surface area contributed by atoms with Crippen LogP contribution < -0.4 is 10.6 Å². The van der Waals surface area contributed by atoms with Gasteiger partial charge in [0.1, 0.15) is 5.01 Å². The Morgan fingerprint density at radius 1 is 1.55 bits per heavy atom. The summed E-state index contributed by atoms with van der Waals surface area (Å²) in [6.45, 7) is 4.94. The van der Waals surface area contributed by atoms with Crippen molar-refractivity contribution < 1.29 is 13.2 Å². The number of alkyl halides is 3. The quantitative estimate of drug-likeness (QED) is 0.664. The van der Waals surface area contributed by atoms with Crippen molar-refractivity contribution in [3.63, 3.8) is 0 Å². The summed E-state index contributed by atoms with van der Waals surface area (Å²) in [5.74, 6) is 1.25. The van der Waals surface area contributed by atoms with Crippen LogP contribution in [0.5, 0.6) is 0 Å². The first-order chi connectivity index (χ1) is 9.40. The van der Waals surface area contributed by atoms with Crippen molar-refractivity contribution in [2.75, 3.05) is 6.54 Å². The molecule has 0 amide bonds. The summed E-state index contributed by atoms with van der Waals surface area (Å²) in [6.07, 6.45) is -3.29. The Morgan fingerprint density at radius 3 is 2.75 bits per heavy atom. The van der Waals surface area contributed by atoms with Gasteiger partial charge in [-0.15, -0.1) is 11.3 Å². The van der Waals surface area contributed by atoms with Crippen LogP contribution in [-0.2, 0) is 12.7 Å². The molecule has 2 rings (SSSR count). The second-order valence-corrected chi connectivity index (χ2v) is 5.73. The molecule has 0 radical (unpaired) electrons. The zero-order chi connectivity index (χ0) is 14.8. The molecule has 0 aliphatic heterocycles. The highest BCUT2D eigenvalue weighted by Gasteiger charge is 2.34. The third kappa shape index (κ3) is 4.09. The molecule has 1 aromatic heterocycles. The Labute approximate surface area is 119 Å². The lowest BCUT2D eigenvalue weighted by molar-refractivity contribution is -0.140. The summed E-state index contributed by atoms with van der Waals surface area (Å²) < 4.78 is 37.3. The van der Waals surface area contributed by atoms with Gasteiger partial charge in [-0.1, -0.05) is 6.92 Å². The van der Waals surface area contributed by atoms with Gasteiger partial charge in [-0.3, -0.25) is 0 Å². The highest BCUT2D eigenvalue weighted by atomic mass is 32.1. The molecule has 2 unspecified atom stereocenters. The molecule has 1 fully saturated rings. The average Bonchev–Trinajstić information content (AvgIpc) is 2.88. The number of rotatable bonds is 4. The maximum absolute atomic E-state index is 12.4. The lowest BCUT2D eigenvalue weighted by atomic mass is 10.5. The number of aliphatic imine (C=N–C) groups is 1. The largest absolute Gasteiger partial charge is 0.434 e. The van der Waals surface area contributed by atoms with Crippen LogP contribution in [0.25, 0.3) is 0 Å². The number of hydrogen-bond acceptors (Lipinski definition) is 3. The van der Waals surface area contributed by atoms with E-state index in [1.807, 2.05) is 6.92 Å². The van der Waals surface area contributed by atoms with Crippen molar-refractivity contribution >= 4 is 17.3 Å². The van der Waals surface area contributed by atoms with Crippen LogP contribution in [0.4, 0.5) is 13.2 Å². The van der Waals surface area contributed by atoms with Crippen LogP contribution in [0.15, 0.2) is 10.4 Å². The van der Waals surface area contributed by atoms with Gasteiger partial charge >= 0.3 is 6.18 Å². The fraction of sp³-hybridized carbons (Fsp3) is 0.667. The monoisotopic (exact) mass is 306 g/mol. The first kappa shape index (κ1) is 15.1. The Kier molecular flexibility index (Phi) is 4.52. The molecule has 20 heavy (non-hydrogen) atoms. The van der Waals surface area contributed by atoms with Gasteiger partial charge in [-0.2, -0.15) is 13.2 Å². The van der Waals surface area contributed by atoms with Gasteiger partial charge in [-0.25, -0.2) is 9.98 Å². The van der Waals surface area contributed by atoms with Gasteiger partial charge in [0.05, 0.1) is 6.54 Å². The summed E-state index contributed by atoms with van der Waals surface area (Å²) in [6, 6.07) is 0.412. The van der Waals surface area contributed by atoms with E-state index in [9.17, 15) is 13.2 Å². The van der Waals surface area contributed by atoms with Gasteiger partial charge < -0.3 is 10.6 Å². The number of hydrogen-bond donors (Lipinski definition) is 2. The lowest BCUT2D eigenvalue weighted by Crippen LogP contribution is -2.39. The van der Waals surface area contributed by atoms with E-state index in [0.717, 1.165) is 23.1 Å². The second kappa shape index (κ2) is 5.99. The smallest absolute Gasteiger partial charge is 0.357 e. The molecule has 1 aliphatic carbocycles. The fourth-order valence-corrected chi connectivity index (χ4v) is 2.40. The maximum Gasteiger partial charge on any atom is 0.434 e. The van der Waals surface area contributed by atoms with Gasteiger partial charge in [0.2, 0.25) is 0 Å². The van der Waals surface area contributed by atoms with E-state index in [4.69, 9.17) is 0 Å². The number of aromatic nitrogens is 1. The van der Waals surface area contributed by atoms with Crippen LogP contribution >= 0.6 is 11.3 Å². The zero-order valence-electron chi connectivity index (χ0n) is 11.3. The van der Waals surface area contributed by atoms with Crippen LogP contribution in [0.1, 0.15) is 31.0 Å². The van der Waals surface area contributed by atoms with Crippen molar-refractivity contribution in [2.24, 2.45) is 10.9 Å². The molecule has 1 aromatic rings. The predicted molar refractivity (Wildman–Crippen MR) is 72.6 cm³/mol. The average molecular weight is 306 g/mol. The van der Waals surface area contributed by atoms with Gasteiger partial charge in [0.15, 0.2) is 11.7 Å². The Hall–Kier alpha value is -1.31. The number of halogens is 3. The Bertz CT molecular complexity index is 483. The highest BCUT2D eigenvalue weighted by Crippen LogP contribution is 2.30. The lowest BCUT2D eigenvalue weighted by Gasteiger charge is -2.10. The maximum atomic E-state index is 12.4. The van der Waals surface area contributed by atoms with E-state index in [1.54, 1.807) is 0 Å². The molecule has 0 saturated heterocycles. The molecule has 1 aliphatic rings. The molecule has 2 atom stereocenters. The minimum Gasteiger partial charge on any atom is -0.357 e. The highest BCUT2D eigenvalue weighted by molar-refractivity contribution is 7.09. The predicted octanol–water partition coefficient (Wildman–Crippen LogP) is 2.63. The first-order valence-electron chi connectivity index (χ1n) is 6.46. The summed E-state index contributed by atoms with van der Waals surface area (Å²) >= 11 is 0.978. The van der Waals surface area contributed by atoms with E-state index >= 15 is 0 Å². The van der Waals surface area contributed by atoms with E-state index in [1.165, 1.54) is 0 Å². The van der Waals surface area contributed by atoms with Crippen LogP contribution in [0, 0.1) is 5.92 Å². The SMILES string of the molecule is CCNC(=NCc1nc(C(F)(F)F)cs1)NC1CC1C.